The number of amides is 3. The second-order valence-corrected chi connectivity index (χ2v) is 6.92. The molecular weight excluding hydrogens is 425 g/mol. The van der Waals surface area contributed by atoms with Gasteiger partial charge in [0.05, 0.1) is 5.69 Å². The molecular formula is C24H18FN5O3. The molecule has 0 atom stereocenters. The van der Waals surface area contributed by atoms with E-state index in [1.165, 1.54) is 36.4 Å². The molecule has 0 fully saturated rings. The minimum atomic E-state index is -0.534. The number of anilines is 3. The predicted molar refractivity (Wildman–Crippen MR) is 123 cm³/mol. The lowest BCUT2D eigenvalue weighted by molar-refractivity contribution is 0.102. The maximum Gasteiger partial charge on any atom is 0.323 e. The molecule has 0 radical (unpaired) electrons. The number of rotatable bonds is 5. The fourth-order valence-corrected chi connectivity index (χ4v) is 2.95. The Labute approximate surface area is 187 Å². The highest BCUT2D eigenvalue weighted by atomic mass is 19.1. The number of halogens is 1. The van der Waals surface area contributed by atoms with Crippen molar-refractivity contribution in [2.45, 2.75) is 0 Å². The molecule has 0 bridgehead atoms. The van der Waals surface area contributed by atoms with E-state index in [1.807, 2.05) is 18.2 Å². The Morgan fingerprint density at radius 2 is 1.27 bits per heavy atom. The van der Waals surface area contributed by atoms with Crippen LogP contribution in [-0.4, -0.2) is 21.7 Å². The third kappa shape index (κ3) is 5.47. The Hall–Kier alpha value is -4.79. The smallest absolute Gasteiger partial charge is 0.321 e. The maximum atomic E-state index is 13.2. The average Bonchev–Trinajstić information content (AvgIpc) is 2.82. The molecule has 0 aliphatic carbocycles. The van der Waals surface area contributed by atoms with Crippen molar-refractivity contribution in [1.82, 2.24) is 9.78 Å². The number of benzene rings is 3. The van der Waals surface area contributed by atoms with Gasteiger partial charge in [-0.2, -0.15) is 9.78 Å². The van der Waals surface area contributed by atoms with Gasteiger partial charge in [0.25, 0.3) is 11.5 Å². The number of hydrogen-bond donors (Lipinski definition) is 3. The van der Waals surface area contributed by atoms with Crippen LogP contribution in [0.5, 0.6) is 0 Å². The molecule has 0 spiro atoms. The Balaban J connectivity index is 1.41. The minimum Gasteiger partial charge on any atom is -0.321 e. The van der Waals surface area contributed by atoms with Crippen LogP contribution in [0.25, 0.3) is 5.69 Å². The van der Waals surface area contributed by atoms with Crippen LogP contribution in [0.15, 0.2) is 95.8 Å². The van der Waals surface area contributed by atoms with Crippen molar-refractivity contribution in [3.05, 3.63) is 113 Å². The number of urea groups is 1. The largest absolute Gasteiger partial charge is 0.323 e. The molecule has 0 saturated heterocycles. The molecule has 0 saturated carbocycles. The van der Waals surface area contributed by atoms with Crippen LogP contribution in [0.1, 0.15) is 10.5 Å². The van der Waals surface area contributed by atoms with E-state index in [0.717, 1.165) is 4.68 Å². The molecule has 1 aromatic heterocycles. The van der Waals surface area contributed by atoms with E-state index in [0.29, 0.717) is 22.7 Å². The summed E-state index contributed by atoms with van der Waals surface area (Å²) in [5.41, 5.74) is 1.54. The molecule has 9 heteroatoms. The van der Waals surface area contributed by atoms with Crippen molar-refractivity contribution in [3.63, 3.8) is 0 Å². The first-order valence-corrected chi connectivity index (χ1v) is 9.89. The van der Waals surface area contributed by atoms with Gasteiger partial charge in [-0.3, -0.25) is 9.59 Å². The molecule has 4 rings (SSSR count). The zero-order chi connectivity index (χ0) is 23.2. The summed E-state index contributed by atoms with van der Waals surface area (Å²) < 4.78 is 14.2. The molecule has 33 heavy (non-hydrogen) atoms. The number of hydrogen-bond acceptors (Lipinski definition) is 4. The standard InChI is InChI=1S/C24H18FN5O3/c25-16-6-12-20(13-7-16)30-22(31)15-14-21(29-30)23(32)26-18-8-10-19(11-9-18)28-24(33)27-17-4-2-1-3-5-17/h1-15H,(H,26,32)(H2,27,28,33). The number of carbonyl (C=O) groups is 2. The van der Waals surface area contributed by atoms with Crippen molar-refractivity contribution < 1.29 is 14.0 Å². The number of nitrogens with zero attached hydrogens (tertiary/aromatic N) is 2. The summed E-state index contributed by atoms with van der Waals surface area (Å²) in [6.07, 6.45) is 0. The number of nitrogens with one attached hydrogen (secondary N) is 3. The SMILES string of the molecule is O=C(Nc1ccccc1)Nc1ccc(NC(=O)c2ccc(=O)n(-c3ccc(F)cc3)n2)cc1. The highest BCUT2D eigenvalue weighted by molar-refractivity contribution is 6.03. The molecule has 4 aromatic rings. The van der Waals surface area contributed by atoms with Crippen molar-refractivity contribution in [2.24, 2.45) is 0 Å². The highest BCUT2D eigenvalue weighted by Crippen LogP contribution is 2.15. The molecule has 0 unspecified atom stereocenters. The van der Waals surface area contributed by atoms with Gasteiger partial charge in [0.2, 0.25) is 0 Å². The van der Waals surface area contributed by atoms with E-state index in [9.17, 15) is 18.8 Å². The van der Waals surface area contributed by atoms with Gasteiger partial charge >= 0.3 is 6.03 Å². The zero-order valence-corrected chi connectivity index (χ0v) is 17.2. The molecule has 1 heterocycles. The van der Waals surface area contributed by atoms with Gasteiger partial charge < -0.3 is 16.0 Å². The van der Waals surface area contributed by atoms with Gasteiger partial charge in [-0.1, -0.05) is 18.2 Å². The second kappa shape index (κ2) is 9.56. The Morgan fingerprint density at radius 1 is 0.697 bits per heavy atom. The first-order chi connectivity index (χ1) is 16.0. The van der Waals surface area contributed by atoms with Gasteiger partial charge in [-0.25, -0.2) is 9.18 Å². The van der Waals surface area contributed by atoms with Crippen molar-refractivity contribution in [1.29, 1.82) is 0 Å². The normalized spacial score (nSPS) is 10.3. The molecule has 3 aromatic carbocycles. The summed E-state index contributed by atoms with van der Waals surface area (Å²) in [6.45, 7) is 0. The van der Waals surface area contributed by atoms with Crippen LogP contribution in [0.2, 0.25) is 0 Å². The van der Waals surface area contributed by atoms with Crippen molar-refractivity contribution in [3.8, 4) is 5.69 Å². The van der Waals surface area contributed by atoms with Crippen LogP contribution in [0.3, 0.4) is 0 Å². The third-order valence-corrected chi connectivity index (χ3v) is 4.54. The summed E-state index contributed by atoms with van der Waals surface area (Å²) in [6, 6.07) is 22.8. The lowest BCUT2D eigenvalue weighted by Crippen LogP contribution is -2.24. The van der Waals surface area contributed by atoms with Crippen LogP contribution in [-0.2, 0) is 0 Å². The zero-order valence-electron chi connectivity index (χ0n) is 17.2. The third-order valence-electron chi connectivity index (χ3n) is 4.54. The molecule has 3 amide bonds. The van der Waals surface area contributed by atoms with Gasteiger partial charge in [0.1, 0.15) is 11.5 Å². The summed E-state index contributed by atoms with van der Waals surface area (Å²) in [7, 11) is 0. The van der Waals surface area contributed by atoms with E-state index in [1.54, 1.807) is 36.4 Å². The highest BCUT2D eigenvalue weighted by Gasteiger charge is 2.12. The lowest BCUT2D eigenvalue weighted by Gasteiger charge is -2.10. The first kappa shape index (κ1) is 21.4. The van der Waals surface area contributed by atoms with Crippen LogP contribution < -0.4 is 21.5 Å². The van der Waals surface area contributed by atoms with Crippen molar-refractivity contribution >= 4 is 29.0 Å². The van der Waals surface area contributed by atoms with Crippen molar-refractivity contribution in [2.75, 3.05) is 16.0 Å². The van der Waals surface area contributed by atoms with E-state index < -0.39 is 23.3 Å². The van der Waals surface area contributed by atoms with E-state index in [4.69, 9.17) is 0 Å². The molecule has 3 N–H and O–H groups in total. The fourth-order valence-electron chi connectivity index (χ4n) is 2.95. The van der Waals surface area contributed by atoms with E-state index >= 15 is 0 Å². The molecule has 0 aliphatic rings. The quantitative estimate of drug-likeness (QED) is 0.428. The van der Waals surface area contributed by atoms with Gasteiger partial charge in [-0.15, -0.1) is 0 Å². The monoisotopic (exact) mass is 443 g/mol. The molecule has 0 aliphatic heterocycles. The van der Waals surface area contributed by atoms with Crippen LogP contribution in [0, 0.1) is 5.82 Å². The minimum absolute atomic E-state index is 0.00312. The lowest BCUT2D eigenvalue weighted by atomic mass is 10.2. The summed E-state index contributed by atoms with van der Waals surface area (Å²) >= 11 is 0. The number of para-hydroxylation sites is 1. The number of aromatic nitrogens is 2. The predicted octanol–water partition coefficient (Wildman–Crippen LogP) is 4.27. The van der Waals surface area contributed by atoms with E-state index in [2.05, 4.69) is 21.0 Å². The topological polar surface area (TPSA) is 105 Å². The fraction of sp³-hybridized carbons (Fsp3) is 0. The second-order valence-electron chi connectivity index (χ2n) is 6.92. The summed E-state index contributed by atoms with van der Waals surface area (Å²) in [5.74, 6) is -0.982. The Bertz CT molecular complexity index is 1340. The Morgan fingerprint density at radius 3 is 1.91 bits per heavy atom. The average molecular weight is 443 g/mol. The molecule has 164 valence electrons. The van der Waals surface area contributed by atoms with Gasteiger partial charge in [0.15, 0.2) is 0 Å². The molecule has 8 nitrogen and oxygen atoms in total. The van der Waals surface area contributed by atoms with Gasteiger partial charge in [-0.05, 0) is 66.7 Å². The van der Waals surface area contributed by atoms with Crippen LogP contribution in [0.4, 0.5) is 26.2 Å². The Kier molecular flexibility index (Phi) is 6.21. The summed E-state index contributed by atoms with van der Waals surface area (Å²) in [4.78, 5) is 36.8. The number of carbonyl (C=O) groups excluding carboxylic acids is 2. The van der Waals surface area contributed by atoms with Gasteiger partial charge in [0, 0.05) is 23.1 Å². The van der Waals surface area contributed by atoms with E-state index in [-0.39, 0.29) is 5.69 Å². The summed E-state index contributed by atoms with van der Waals surface area (Å²) in [5, 5.41) is 12.2. The maximum absolute atomic E-state index is 13.2. The van der Waals surface area contributed by atoms with Crippen LogP contribution >= 0.6 is 0 Å². The first-order valence-electron chi connectivity index (χ1n) is 9.89.